The van der Waals surface area contributed by atoms with Crippen LogP contribution in [0.1, 0.15) is 23.1 Å². The Morgan fingerprint density at radius 1 is 1.20 bits per heavy atom. The quantitative estimate of drug-likeness (QED) is 0.361. The summed E-state index contributed by atoms with van der Waals surface area (Å²) in [5.41, 5.74) is 8.51. The lowest BCUT2D eigenvalue weighted by molar-refractivity contribution is -0.138. The second-order valence-corrected chi connectivity index (χ2v) is 8.91. The van der Waals surface area contributed by atoms with E-state index in [-0.39, 0.29) is 11.8 Å². The average Bonchev–Trinajstić information content (AvgIpc) is 3.53. The summed E-state index contributed by atoms with van der Waals surface area (Å²) in [6.07, 6.45) is 3.90. The molecule has 1 aromatic heterocycles. The lowest BCUT2D eigenvalue weighted by atomic mass is 9.92. The van der Waals surface area contributed by atoms with Crippen molar-refractivity contribution in [1.82, 2.24) is 9.78 Å². The standard InChI is InChI=1S/C28H30N4O3/c1-17-11-22(25-9-10-31-32(25)5)12-18(2)27(17)21-8-6-7-20(13-21)16-35-26(29-4)15-30-19(3)23-14-24(23)28(33)34/h6-13,15,23-24H,3,14,16H2,1-2,4-5H3,(H,33,34)/t23?,24-/m1/s1. The number of carboxylic acids is 1. The van der Waals surface area contributed by atoms with E-state index in [0.717, 1.165) is 22.4 Å². The van der Waals surface area contributed by atoms with Crippen LogP contribution in [0.4, 0.5) is 0 Å². The van der Waals surface area contributed by atoms with E-state index in [9.17, 15) is 4.79 Å². The number of aliphatic imine (C=N–C) groups is 2. The Morgan fingerprint density at radius 3 is 2.54 bits per heavy atom. The zero-order valence-corrected chi connectivity index (χ0v) is 20.5. The van der Waals surface area contributed by atoms with E-state index in [1.54, 1.807) is 7.05 Å². The summed E-state index contributed by atoms with van der Waals surface area (Å²) in [6.45, 7) is 8.49. The molecule has 180 valence electrons. The first-order valence-electron chi connectivity index (χ1n) is 11.5. The number of carbonyl (C=O) groups is 1. The fourth-order valence-electron chi connectivity index (χ4n) is 4.43. The molecule has 0 saturated heterocycles. The number of aromatic nitrogens is 2. The third kappa shape index (κ3) is 5.40. The van der Waals surface area contributed by atoms with E-state index in [1.807, 2.05) is 36.1 Å². The van der Waals surface area contributed by atoms with Crippen molar-refractivity contribution in [3.8, 4) is 22.4 Å². The van der Waals surface area contributed by atoms with Crippen LogP contribution in [0.2, 0.25) is 0 Å². The van der Waals surface area contributed by atoms with Gasteiger partial charge in [-0.25, -0.2) is 0 Å². The molecule has 2 aromatic carbocycles. The Labute approximate surface area is 205 Å². The van der Waals surface area contributed by atoms with Gasteiger partial charge in [0.25, 0.3) is 0 Å². The lowest BCUT2D eigenvalue weighted by Crippen LogP contribution is -2.07. The molecule has 1 aliphatic rings. The monoisotopic (exact) mass is 470 g/mol. The SMILES string of the molecule is C=C(N=CC(=NC)OCc1cccc(-c2c(C)cc(-c3ccnn3C)cc2C)c1)C1C[C@H]1C(=O)O. The number of nitrogens with zero attached hydrogens (tertiary/aromatic N) is 4. The molecule has 1 unspecified atom stereocenters. The van der Waals surface area contributed by atoms with Crippen molar-refractivity contribution >= 4 is 18.1 Å². The van der Waals surface area contributed by atoms with Gasteiger partial charge in [-0.05, 0) is 72.4 Å². The third-order valence-corrected chi connectivity index (χ3v) is 6.35. The molecule has 0 bridgehead atoms. The maximum absolute atomic E-state index is 11.0. The summed E-state index contributed by atoms with van der Waals surface area (Å²) in [5, 5.41) is 13.4. The van der Waals surface area contributed by atoms with Crippen LogP contribution < -0.4 is 0 Å². The zero-order valence-electron chi connectivity index (χ0n) is 20.5. The van der Waals surface area contributed by atoms with Crippen LogP contribution in [0.3, 0.4) is 0 Å². The van der Waals surface area contributed by atoms with Crippen molar-refractivity contribution < 1.29 is 14.6 Å². The molecule has 0 amide bonds. The molecule has 35 heavy (non-hydrogen) atoms. The van der Waals surface area contributed by atoms with Crippen molar-refractivity contribution in [2.24, 2.45) is 28.9 Å². The molecule has 1 saturated carbocycles. The number of rotatable bonds is 8. The van der Waals surface area contributed by atoms with Crippen molar-refractivity contribution in [2.45, 2.75) is 26.9 Å². The van der Waals surface area contributed by atoms with E-state index in [2.05, 4.69) is 59.8 Å². The van der Waals surface area contributed by atoms with Gasteiger partial charge in [0.15, 0.2) is 0 Å². The fourth-order valence-corrected chi connectivity index (χ4v) is 4.43. The first-order valence-corrected chi connectivity index (χ1v) is 11.5. The Hall–Kier alpha value is -4.00. The number of allylic oxidation sites excluding steroid dienone is 1. The Kier molecular flexibility index (Phi) is 6.96. The second-order valence-electron chi connectivity index (χ2n) is 8.91. The predicted octanol–water partition coefficient (Wildman–Crippen LogP) is 5.22. The molecule has 2 atom stereocenters. The molecule has 1 N–H and O–H groups in total. The summed E-state index contributed by atoms with van der Waals surface area (Å²) in [7, 11) is 3.58. The highest BCUT2D eigenvalue weighted by Gasteiger charge is 2.45. The lowest BCUT2D eigenvalue weighted by Gasteiger charge is -2.14. The number of hydrogen-bond donors (Lipinski definition) is 1. The summed E-state index contributed by atoms with van der Waals surface area (Å²) < 4.78 is 7.75. The van der Waals surface area contributed by atoms with Crippen LogP contribution >= 0.6 is 0 Å². The van der Waals surface area contributed by atoms with Gasteiger partial charge in [-0.1, -0.05) is 24.8 Å². The van der Waals surface area contributed by atoms with Gasteiger partial charge in [0, 0.05) is 37.5 Å². The van der Waals surface area contributed by atoms with Crippen LogP contribution in [-0.2, 0) is 23.2 Å². The van der Waals surface area contributed by atoms with Gasteiger partial charge < -0.3 is 9.84 Å². The minimum atomic E-state index is -0.802. The first kappa shape index (κ1) is 24.1. The molecule has 4 rings (SSSR count). The van der Waals surface area contributed by atoms with Crippen LogP contribution in [0.25, 0.3) is 22.4 Å². The van der Waals surface area contributed by atoms with Crippen LogP contribution in [-0.4, -0.2) is 40.0 Å². The average molecular weight is 471 g/mol. The van der Waals surface area contributed by atoms with E-state index in [4.69, 9.17) is 9.84 Å². The molecule has 3 aromatic rings. The highest BCUT2D eigenvalue weighted by atomic mass is 16.5. The summed E-state index contributed by atoms with van der Waals surface area (Å²) in [6, 6.07) is 14.7. The van der Waals surface area contributed by atoms with Crippen molar-refractivity contribution in [1.29, 1.82) is 0 Å². The predicted molar refractivity (Wildman–Crippen MR) is 139 cm³/mol. The number of aliphatic carboxylic acids is 1. The number of hydrogen-bond acceptors (Lipinski definition) is 5. The van der Waals surface area contributed by atoms with Crippen molar-refractivity contribution in [2.75, 3.05) is 7.05 Å². The van der Waals surface area contributed by atoms with Gasteiger partial charge in [-0.2, -0.15) is 5.10 Å². The van der Waals surface area contributed by atoms with Gasteiger partial charge in [0.2, 0.25) is 5.90 Å². The van der Waals surface area contributed by atoms with E-state index in [1.165, 1.54) is 22.9 Å². The zero-order chi connectivity index (χ0) is 25.1. The van der Waals surface area contributed by atoms with Gasteiger partial charge in [-0.15, -0.1) is 0 Å². The molecule has 0 aliphatic heterocycles. The number of aryl methyl sites for hydroxylation is 3. The fraction of sp³-hybridized carbons (Fsp3) is 0.286. The third-order valence-electron chi connectivity index (χ3n) is 6.35. The van der Waals surface area contributed by atoms with Crippen LogP contribution in [0.5, 0.6) is 0 Å². The number of carboxylic acid groups (broad SMARTS) is 1. The van der Waals surface area contributed by atoms with Crippen LogP contribution in [0, 0.1) is 25.7 Å². The van der Waals surface area contributed by atoms with Crippen LogP contribution in [0.15, 0.2) is 70.9 Å². The van der Waals surface area contributed by atoms with Gasteiger partial charge in [0.1, 0.15) is 6.61 Å². The maximum atomic E-state index is 11.0. The minimum absolute atomic E-state index is 0.103. The molecular formula is C28H30N4O3. The molecule has 7 heteroatoms. The largest absolute Gasteiger partial charge is 0.481 e. The molecule has 1 heterocycles. The maximum Gasteiger partial charge on any atom is 0.307 e. The molecule has 0 spiro atoms. The van der Waals surface area contributed by atoms with E-state index < -0.39 is 5.97 Å². The van der Waals surface area contributed by atoms with Gasteiger partial charge in [-0.3, -0.25) is 19.5 Å². The molecule has 1 fully saturated rings. The minimum Gasteiger partial charge on any atom is -0.481 e. The Balaban J connectivity index is 1.46. The van der Waals surface area contributed by atoms with Gasteiger partial charge in [0.05, 0.1) is 17.8 Å². The second kappa shape index (κ2) is 10.1. The highest BCUT2D eigenvalue weighted by molar-refractivity contribution is 6.26. The molecule has 7 nitrogen and oxygen atoms in total. The van der Waals surface area contributed by atoms with Crippen molar-refractivity contribution in [3.05, 3.63) is 77.6 Å². The van der Waals surface area contributed by atoms with E-state index in [0.29, 0.717) is 24.6 Å². The summed E-state index contributed by atoms with van der Waals surface area (Å²) >= 11 is 0. The van der Waals surface area contributed by atoms with Crippen molar-refractivity contribution in [3.63, 3.8) is 0 Å². The van der Waals surface area contributed by atoms with E-state index >= 15 is 0 Å². The number of benzene rings is 2. The molecular weight excluding hydrogens is 440 g/mol. The Morgan fingerprint density at radius 2 is 1.94 bits per heavy atom. The summed E-state index contributed by atoms with van der Waals surface area (Å²) in [4.78, 5) is 19.5. The highest BCUT2D eigenvalue weighted by Crippen LogP contribution is 2.44. The smallest absolute Gasteiger partial charge is 0.307 e. The molecule has 0 radical (unpaired) electrons. The van der Waals surface area contributed by atoms with Gasteiger partial charge >= 0.3 is 5.97 Å². The Bertz CT molecular complexity index is 1310. The normalized spacial score (nSPS) is 17.5. The number of ether oxygens (including phenoxy) is 1. The first-order chi connectivity index (χ1) is 16.8. The molecule has 1 aliphatic carbocycles. The topological polar surface area (TPSA) is 89.1 Å². The summed E-state index contributed by atoms with van der Waals surface area (Å²) in [5.74, 6) is -0.911.